The number of hydrogen-bond acceptors (Lipinski definition) is 5. The highest BCUT2D eigenvalue weighted by Gasteiger charge is 2.29. The van der Waals surface area contributed by atoms with Gasteiger partial charge in [0.15, 0.2) is 0 Å². The Labute approximate surface area is 189 Å². The van der Waals surface area contributed by atoms with Gasteiger partial charge < -0.3 is 14.2 Å². The quantitative estimate of drug-likeness (QED) is 0.566. The fourth-order valence-electron chi connectivity index (χ4n) is 3.86. The maximum Gasteiger partial charge on any atom is 0.228 e. The molecule has 1 aliphatic heterocycles. The van der Waals surface area contributed by atoms with Crippen molar-refractivity contribution < 1.29 is 22.3 Å². The minimum atomic E-state index is -3.93. The summed E-state index contributed by atoms with van der Waals surface area (Å²) in [6.45, 7) is 8.73. The van der Waals surface area contributed by atoms with Crippen LogP contribution in [-0.2, 0) is 38.2 Å². The summed E-state index contributed by atoms with van der Waals surface area (Å²) < 4.78 is 48.0. The van der Waals surface area contributed by atoms with Crippen LogP contribution in [0.4, 0.5) is 4.39 Å². The average Bonchev–Trinajstić information content (AvgIpc) is 3.37. The fraction of sp³-hybridized carbons (Fsp3) is 0.565. The lowest BCUT2D eigenvalue weighted by molar-refractivity contribution is -0.137. The van der Waals surface area contributed by atoms with Crippen molar-refractivity contribution in [1.29, 1.82) is 0 Å². The molecular formula is C23H32FN3O4S. The molecule has 1 aromatic carbocycles. The van der Waals surface area contributed by atoms with E-state index in [1.807, 2.05) is 27.7 Å². The first-order valence-electron chi connectivity index (χ1n) is 11.0. The van der Waals surface area contributed by atoms with Gasteiger partial charge in [-0.2, -0.15) is 0 Å². The van der Waals surface area contributed by atoms with Gasteiger partial charge in [-0.25, -0.2) is 17.8 Å². The van der Waals surface area contributed by atoms with Crippen molar-refractivity contribution >= 4 is 15.7 Å². The first-order valence-corrected chi connectivity index (χ1v) is 12.7. The molecule has 1 atom stereocenters. The van der Waals surface area contributed by atoms with E-state index in [0.29, 0.717) is 18.8 Å². The Morgan fingerprint density at radius 1 is 1.28 bits per heavy atom. The van der Waals surface area contributed by atoms with Crippen LogP contribution in [0.5, 0.6) is 0 Å². The molecule has 0 N–H and O–H groups in total. The zero-order valence-corrected chi connectivity index (χ0v) is 19.9. The molecule has 0 aliphatic carbocycles. The lowest BCUT2D eigenvalue weighted by Gasteiger charge is -2.29. The van der Waals surface area contributed by atoms with E-state index in [-0.39, 0.29) is 41.2 Å². The highest BCUT2D eigenvalue weighted by molar-refractivity contribution is 7.90. The molecule has 0 bridgehead atoms. The van der Waals surface area contributed by atoms with Crippen LogP contribution in [0.1, 0.15) is 51.8 Å². The zero-order chi connectivity index (χ0) is 23.5. The third-order valence-electron chi connectivity index (χ3n) is 5.63. The number of carbonyl (C=O) groups is 1. The van der Waals surface area contributed by atoms with Crippen LogP contribution in [0.2, 0.25) is 0 Å². The van der Waals surface area contributed by atoms with Crippen LogP contribution >= 0.6 is 0 Å². The lowest BCUT2D eigenvalue weighted by atomic mass is 10.1. The predicted octanol–water partition coefficient (Wildman–Crippen LogP) is 3.57. The summed E-state index contributed by atoms with van der Waals surface area (Å²) in [6, 6.07) is 5.77. The van der Waals surface area contributed by atoms with E-state index in [1.165, 1.54) is 24.4 Å². The number of ether oxygens (including phenoxy) is 1. The van der Waals surface area contributed by atoms with Crippen molar-refractivity contribution in [1.82, 2.24) is 14.5 Å². The third kappa shape index (κ3) is 5.56. The SMILES string of the molecule is CC(C)C(=O)N(Cc1cnc(S(=O)(=O)Cc2ccccc2F)n1C[C@H]1CCCO1)C(C)C. The monoisotopic (exact) mass is 465 g/mol. The van der Waals surface area contributed by atoms with Crippen molar-refractivity contribution in [3.05, 3.63) is 47.5 Å². The van der Waals surface area contributed by atoms with E-state index in [1.54, 1.807) is 15.5 Å². The molecule has 2 heterocycles. The molecule has 3 rings (SSSR count). The highest BCUT2D eigenvalue weighted by atomic mass is 32.2. The van der Waals surface area contributed by atoms with Crippen molar-refractivity contribution in [2.45, 2.75) is 76.7 Å². The molecule has 9 heteroatoms. The Kier molecular flexibility index (Phi) is 7.71. The maximum absolute atomic E-state index is 14.1. The Morgan fingerprint density at radius 3 is 2.59 bits per heavy atom. The first kappa shape index (κ1) is 24.4. The second-order valence-corrected chi connectivity index (χ2v) is 10.7. The molecule has 0 saturated carbocycles. The van der Waals surface area contributed by atoms with Crippen LogP contribution in [0, 0.1) is 11.7 Å². The number of carbonyl (C=O) groups excluding carboxylic acids is 1. The van der Waals surface area contributed by atoms with Gasteiger partial charge in [0.05, 0.1) is 36.8 Å². The number of nitrogens with zero attached hydrogens (tertiary/aromatic N) is 3. The largest absolute Gasteiger partial charge is 0.376 e. The van der Waals surface area contributed by atoms with Crippen LogP contribution < -0.4 is 0 Å². The average molecular weight is 466 g/mol. The predicted molar refractivity (Wildman–Crippen MR) is 119 cm³/mol. The molecule has 1 saturated heterocycles. The Balaban J connectivity index is 1.98. The summed E-state index contributed by atoms with van der Waals surface area (Å²) in [4.78, 5) is 18.7. The molecule has 32 heavy (non-hydrogen) atoms. The molecule has 1 amide bonds. The maximum atomic E-state index is 14.1. The number of aromatic nitrogens is 2. The van der Waals surface area contributed by atoms with E-state index >= 15 is 0 Å². The van der Waals surface area contributed by atoms with Gasteiger partial charge in [-0.15, -0.1) is 0 Å². The number of sulfone groups is 1. The van der Waals surface area contributed by atoms with Crippen LogP contribution in [-0.4, -0.2) is 47.5 Å². The second kappa shape index (κ2) is 10.1. The Bertz CT molecular complexity index is 1040. The van der Waals surface area contributed by atoms with Gasteiger partial charge >= 0.3 is 0 Å². The smallest absolute Gasteiger partial charge is 0.228 e. The van der Waals surface area contributed by atoms with Crippen LogP contribution in [0.25, 0.3) is 0 Å². The van der Waals surface area contributed by atoms with Gasteiger partial charge in [0.25, 0.3) is 0 Å². The Morgan fingerprint density at radius 2 is 2.00 bits per heavy atom. The Hall–Kier alpha value is -2.26. The van der Waals surface area contributed by atoms with Gasteiger partial charge in [-0.05, 0) is 32.8 Å². The van der Waals surface area contributed by atoms with E-state index in [0.717, 1.165) is 12.8 Å². The normalized spacial score (nSPS) is 16.8. The third-order valence-corrected chi connectivity index (χ3v) is 7.20. The number of benzene rings is 1. The molecule has 0 radical (unpaired) electrons. The molecule has 0 spiro atoms. The van der Waals surface area contributed by atoms with Crippen molar-refractivity contribution in [3.8, 4) is 0 Å². The van der Waals surface area contributed by atoms with E-state index in [2.05, 4.69) is 4.98 Å². The molecular weight excluding hydrogens is 433 g/mol. The molecule has 176 valence electrons. The summed E-state index contributed by atoms with van der Waals surface area (Å²) >= 11 is 0. The van der Waals surface area contributed by atoms with Crippen LogP contribution in [0.3, 0.4) is 0 Å². The van der Waals surface area contributed by atoms with Gasteiger partial charge in [-0.1, -0.05) is 32.0 Å². The minimum absolute atomic E-state index is 0.0133. The fourth-order valence-corrected chi connectivity index (χ4v) is 5.37. The molecule has 1 aromatic heterocycles. The summed E-state index contributed by atoms with van der Waals surface area (Å²) in [5.74, 6) is -1.25. The molecule has 0 unspecified atom stereocenters. The summed E-state index contributed by atoms with van der Waals surface area (Å²) in [7, 11) is -3.93. The molecule has 1 fully saturated rings. The van der Waals surface area contributed by atoms with E-state index in [4.69, 9.17) is 4.74 Å². The van der Waals surface area contributed by atoms with Crippen LogP contribution in [0.15, 0.2) is 35.6 Å². The van der Waals surface area contributed by atoms with Crippen molar-refractivity contribution in [2.75, 3.05) is 6.61 Å². The second-order valence-electron chi connectivity index (χ2n) is 8.84. The first-order chi connectivity index (χ1) is 15.1. The van der Waals surface area contributed by atoms with E-state index in [9.17, 15) is 17.6 Å². The molecule has 7 nitrogen and oxygen atoms in total. The number of halogens is 1. The standard InChI is InChI=1S/C23H32FN3O4S/c1-16(2)22(28)26(17(3)4)13-19-12-25-23(27(19)14-20-9-7-11-31-20)32(29,30)15-18-8-5-6-10-21(18)24/h5-6,8,10,12,16-17,20H,7,9,11,13-15H2,1-4H3/t20-/m1/s1. The number of amides is 1. The number of hydrogen-bond donors (Lipinski definition) is 0. The van der Waals surface area contributed by atoms with Gasteiger partial charge in [0.2, 0.25) is 20.9 Å². The minimum Gasteiger partial charge on any atom is -0.376 e. The van der Waals surface area contributed by atoms with Gasteiger partial charge in [-0.3, -0.25) is 4.79 Å². The molecule has 1 aliphatic rings. The highest BCUT2D eigenvalue weighted by Crippen LogP contribution is 2.24. The van der Waals surface area contributed by atoms with Crippen molar-refractivity contribution in [2.24, 2.45) is 5.92 Å². The zero-order valence-electron chi connectivity index (χ0n) is 19.1. The number of imidazole rings is 1. The van der Waals surface area contributed by atoms with Gasteiger partial charge in [0.1, 0.15) is 5.82 Å². The summed E-state index contributed by atoms with van der Waals surface area (Å²) in [5.41, 5.74) is 0.717. The summed E-state index contributed by atoms with van der Waals surface area (Å²) in [5, 5.41) is -0.119. The van der Waals surface area contributed by atoms with Gasteiger partial charge in [0, 0.05) is 24.1 Å². The van der Waals surface area contributed by atoms with Crippen molar-refractivity contribution in [3.63, 3.8) is 0 Å². The lowest BCUT2D eigenvalue weighted by Crippen LogP contribution is -2.39. The van der Waals surface area contributed by atoms with E-state index < -0.39 is 21.4 Å². The summed E-state index contributed by atoms with van der Waals surface area (Å²) in [6.07, 6.45) is 3.12. The topological polar surface area (TPSA) is 81.5 Å². The number of rotatable bonds is 9. The molecule has 2 aromatic rings.